The van der Waals surface area contributed by atoms with Crippen LogP contribution in [0.5, 0.6) is 5.75 Å². The SMILES string of the molecule is OB(Oc1ccc(F)c(F)c1F)c1c(F)c(F)c(F)c2c(F)c(F)c(F)c(F)c12. The standard InChI is InChI=1S/C16H3BF10O2/c18-3-1-2-4(9(20)8(3)19)29-17(28)7-5-6(11(22)14(25)13(7)24)12(23)16(27)15(26)10(5)21/h1-2,28H. The molecule has 3 rings (SSSR count). The van der Waals surface area contributed by atoms with Crippen LogP contribution in [0, 0.1) is 58.2 Å². The molecule has 0 saturated carbocycles. The molecular weight excluding hydrogens is 425 g/mol. The predicted molar refractivity (Wildman–Crippen MR) is 78.2 cm³/mol. The van der Waals surface area contributed by atoms with Crippen molar-refractivity contribution >= 4 is 23.4 Å². The summed E-state index contributed by atoms with van der Waals surface area (Å²) in [6.45, 7) is 0. The van der Waals surface area contributed by atoms with Gasteiger partial charge in [0.1, 0.15) is 5.75 Å². The summed E-state index contributed by atoms with van der Waals surface area (Å²) in [6.07, 6.45) is 0. The highest BCUT2D eigenvalue weighted by atomic mass is 19.2. The van der Waals surface area contributed by atoms with E-state index in [0.29, 0.717) is 12.1 Å². The van der Waals surface area contributed by atoms with Gasteiger partial charge in [-0.15, -0.1) is 0 Å². The molecule has 2 nitrogen and oxygen atoms in total. The Labute approximate surface area is 154 Å². The van der Waals surface area contributed by atoms with Crippen LogP contribution in [0.25, 0.3) is 10.8 Å². The van der Waals surface area contributed by atoms with E-state index in [4.69, 9.17) is 0 Å². The first kappa shape index (κ1) is 20.8. The van der Waals surface area contributed by atoms with Crippen LogP contribution in [0.2, 0.25) is 0 Å². The number of rotatable bonds is 3. The van der Waals surface area contributed by atoms with E-state index in [1.807, 2.05) is 0 Å². The Hall–Kier alpha value is -2.96. The van der Waals surface area contributed by atoms with E-state index < -0.39 is 87.3 Å². The molecule has 0 fully saturated rings. The molecule has 0 aliphatic carbocycles. The average molecular weight is 428 g/mol. The van der Waals surface area contributed by atoms with Gasteiger partial charge in [0.25, 0.3) is 0 Å². The molecule has 0 atom stereocenters. The van der Waals surface area contributed by atoms with Gasteiger partial charge in [-0.05, 0) is 12.1 Å². The normalized spacial score (nSPS) is 11.3. The van der Waals surface area contributed by atoms with E-state index in [1.165, 1.54) is 0 Å². The Morgan fingerprint density at radius 1 is 0.552 bits per heavy atom. The lowest BCUT2D eigenvalue weighted by Crippen LogP contribution is -2.41. The average Bonchev–Trinajstić information content (AvgIpc) is 2.68. The molecule has 13 heteroatoms. The van der Waals surface area contributed by atoms with Crippen LogP contribution in [0.15, 0.2) is 12.1 Å². The summed E-state index contributed by atoms with van der Waals surface area (Å²) in [6, 6.07) is 0.684. The van der Waals surface area contributed by atoms with Gasteiger partial charge in [-0.3, -0.25) is 0 Å². The lowest BCUT2D eigenvalue weighted by Gasteiger charge is -2.16. The minimum Gasteiger partial charge on any atom is -0.530 e. The minimum absolute atomic E-state index is 0.301. The lowest BCUT2D eigenvalue weighted by atomic mass is 9.75. The monoisotopic (exact) mass is 428 g/mol. The van der Waals surface area contributed by atoms with Crippen LogP contribution in [0.1, 0.15) is 0 Å². The van der Waals surface area contributed by atoms with Gasteiger partial charge >= 0.3 is 7.12 Å². The van der Waals surface area contributed by atoms with Crippen molar-refractivity contribution in [2.45, 2.75) is 0 Å². The van der Waals surface area contributed by atoms with Crippen molar-refractivity contribution in [3.8, 4) is 5.75 Å². The van der Waals surface area contributed by atoms with Gasteiger partial charge < -0.3 is 9.68 Å². The second-order valence-electron chi connectivity index (χ2n) is 5.51. The van der Waals surface area contributed by atoms with Crippen LogP contribution in [-0.4, -0.2) is 12.1 Å². The second kappa shape index (κ2) is 7.14. The Morgan fingerprint density at radius 2 is 1.03 bits per heavy atom. The van der Waals surface area contributed by atoms with Crippen LogP contribution in [0.4, 0.5) is 43.9 Å². The summed E-state index contributed by atoms with van der Waals surface area (Å²) in [5, 5.41) is 6.18. The van der Waals surface area contributed by atoms with E-state index in [2.05, 4.69) is 4.65 Å². The highest BCUT2D eigenvalue weighted by Crippen LogP contribution is 2.31. The molecule has 0 aromatic heterocycles. The Morgan fingerprint density at radius 3 is 1.59 bits per heavy atom. The summed E-state index contributed by atoms with van der Waals surface area (Å²) in [7, 11) is -3.02. The van der Waals surface area contributed by atoms with E-state index in [9.17, 15) is 48.9 Å². The molecule has 1 N–H and O–H groups in total. The number of benzene rings is 3. The zero-order valence-electron chi connectivity index (χ0n) is 13.4. The van der Waals surface area contributed by atoms with Gasteiger partial charge in [0.15, 0.2) is 52.4 Å². The highest BCUT2D eigenvalue weighted by molar-refractivity contribution is 6.64. The number of fused-ring (bicyclic) bond motifs is 1. The van der Waals surface area contributed by atoms with E-state index >= 15 is 0 Å². The molecule has 0 spiro atoms. The van der Waals surface area contributed by atoms with Gasteiger partial charge in [-0.25, -0.2) is 39.5 Å². The van der Waals surface area contributed by atoms with E-state index in [-0.39, 0.29) is 0 Å². The maximum absolute atomic E-state index is 14.1. The smallest absolute Gasteiger partial charge is 0.530 e. The molecule has 29 heavy (non-hydrogen) atoms. The first-order valence-corrected chi connectivity index (χ1v) is 7.29. The Balaban J connectivity index is 2.31. The molecule has 152 valence electrons. The van der Waals surface area contributed by atoms with Crippen LogP contribution in [0.3, 0.4) is 0 Å². The second-order valence-corrected chi connectivity index (χ2v) is 5.51. The van der Waals surface area contributed by atoms with E-state index in [1.54, 1.807) is 0 Å². The van der Waals surface area contributed by atoms with E-state index in [0.717, 1.165) is 0 Å². The Kier molecular flexibility index (Phi) is 5.11. The van der Waals surface area contributed by atoms with Crippen molar-refractivity contribution in [1.82, 2.24) is 0 Å². The number of hydrogen-bond acceptors (Lipinski definition) is 2. The molecule has 0 radical (unpaired) electrons. The van der Waals surface area contributed by atoms with Crippen LogP contribution < -0.4 is 10.1 Å². The lowest BCUT2D eigenvalue weighted by molar-refractivity contribution is 0.382. The predicted octanol–water partition coefficient (Wildman–Crippen LogP) is 4.00. The van der Waals surface area contributed by atoms with Gasteiger partial charge in [0, 0.05) is 10.8 Å². The van der Waals surface area contributed by atoms with Crippen LogP contribution in [-0.2, 0) is 0 Å². The van der Waals surface area contributed by atoms with Crippen LogP contribution >= 0.6 is 0 Å². The molecule has 0 bridgehead atoms. The molecule has 3 aromatic carbocycles. The topological polar surface area (TPSA) is 29.5 Å². The van der Waals surface area contributed by atoms with Crippen molar-refractivity contribution in [2.75, 3.05) is 0 Å². The van der Waals surface area contributed by atoms with Gasteiger partial charge in [-0.2, -0.15) is 4.39 Å². The third-order valence-electron chi connectivity index (χ3n) is 3.86. The highest BCUT2D eigenvalue weighted by Gasteiger charge is 2.37. The van der Waals surface area contributed by atoms with Crippen molar-refractivity contribution in [3.63, 3.8) is 0 Å². The van der Waals surface area contributed by atoms with Crippen molar-refractivity contribution in [2.24, 2.45) is 0 Å². The number of halogens is 10. The fourth-order valence-electron chi connectivity index (χ4n) is 2.54. The molecule has 0 amide bonds. The molecule has 0 aliphatic rings. The summed E-state index contributed by atoms with van der Waals surface area (Å²) in [4.78, 5) is 0. The first-order valence-electron chi connectivity index (χ1n) is 7.29. The molecule has 0 heterocycles. The van der Waals surface area contributed by atoms with Gasteiger partial charge in [0.2, 0.25) is 5.82 Å². The van der Waals surface area contributed by atoms with Gasteiger partial charge in [0.05, 0.1) is 5.39 Å². The largest absolute Gasteiger partial charge is 0.564 e. The van der Waals surface area contributed by atoms with Crippen molar-refractivity contribution in [3.05, 3.63) is 70.3 Å². The van der Waals surface area contributed by atoms with Gasteiger partial charge in [-0.1, -0.05) is 0 Å². The first-order chi connectivity index (χ1) is 13.5. The molecule has 0 aliphatic heterocycles. The number of hydrogen-bond donors (Lipinski definition) is 1. The fourth-order valence-corrected chi connectivity index (χ4v) is 2.54. The molecular formula is C16H3BF10O2. The molecule has 3 aromatic rings. The third-order valence-corrected chi connectivity index (χ3v) is 3.86. The Bertz CT molecular complexity index is 1160. The maximum atomic E-state index is 14.1. The summed E-state index contributed by atoms with van der Waals surface area (Å²) < 4.78 is 141. The molecule has 0 saturated heterocycles. The van der Waals surface area contributed by atoms with Crippen molar-refractivity contribution in [1.29, 1.82) is 0 Å². The summed E-state index contributed by atoms with van der Waals surface area (Å²) in [5.41, 5.74) is -1.79. The zero-order valence-corrected chi connectivity index (χ0v) is 13.4. The summed E-state index contributed by atoms with van der Waals surface area (Å²) in [5.74, 6) is -24.6. The quantitative estimate of drug-likeness (QED) is 0.296. The molecule has 0 unspecified atom stereocenters. The fraction of sp³-hybridized carbons (Fsp3) is 0. The summed E-state index contributed by atoms with van der Waals surface area (Å²) >= 11 is 0. The zero-order chi connectivity index (χ0) is 21.8. The maximum Gasteiger partial charge on any atom is 0.564 e. The minimum atomic E-state index is -3.02. The third kappa shape index (κ3) is 3.05. The van der Waals surface area contributed by atoms with Crippen molar-refractivity contribution < 1.29 is 53.6 Å².